The Morgan fingerprint density at radius 3 is 2.96 bits per heavy atom. The van der Waals surface area contributed by atoms with Crippen molar-refractivity contribution in [2.45, 2.75) is 50.4 Å². The normalized spacial score (nSPS) is 14.5. The Kier molecular flexibility index (Phi) is 5.76. The van der Waals surface area contributed by atoms with Gasteiger partial charge in [-0.3, -0.25) is 4.79 Å². The standard InChI is InChI=1S/C20H23N5O2S/c1-14(16-9-8-15-5-2-3-6-17(15)11-16)21-19(26)13-28-20-22-23-24-25(20)12-18-7-4-10-27-18/h4,7-11,14H,2-3,5-6,12-13H2,1H3,(H,21,26). The molecule has 0 spiro atoms. The van der Waals surface area contributed by atoms with Crippen LogP contribution in [0.15, 0.2) is 46.2 Å². The van der Waals surface area contributed by atoms with Crippen LogP contribution in [0.4, 0.5) is 0 Å². The summed E-state index contributed by atoms with van der Waals surface area (Å²) in [5.74, 6) is 0.982. The van der Waals surface area contributed by atoms with E-state index in [4.69, 9.17) is 4.42 Å². The first-order chi connectivity index (χ1) is 13.7. The molecule has 4 rings (SSSR count). The van der Waals surface area contributed by atoms with Crippen molar-refractivity contribution in [2.24, 2.45) is 0 Å². The predicted molar refractivity (Wildman–Crippen MR) is 106 cm³/mol. The number of nitrogens with one attached hydrogen (secondary N) is 1. The van der Waals surface area contributed by atoms with E-state index in [0.29, 0.717) is 11.7 Å². The molecule has 0 bridgehead atoms. The summed E-state index contributed by atoms with van der Waals surface area (Å²) >= 11 is 1.32. The predicted octanol–water partition coefficient (Wildman–Crippen LogP) is 3.16. The molecule has 0 radical (unpaired) electrons. The first-order valence-electron chi connectivity index (χ1n) is 9.51. The Morgan fingerprint density at radius 2 is 2.14 bits per heavy atom. The fourth-order valence-electron chi connectivity index (χ4n) is 3.47. The minimum absolute atomic E-state index is 0.0283. The van der Waals surface area contributed by atoms with Gasteiger partial charge in [0.2, 0.25) is 11.1 Å². The van der Waals surface area contributed by atoms with Gasteiger partial charge in [-0.25, -0.2) is 4.68 Å². The maximum atomic E-state index is 12.4. The molecule has 3 aromatic rings. The lowest BCUT2D eigenvalue weighted by atomic mass is 9.89. The van der Waals surface area contributed by atoms with E-state index < -0.39 is 0 Å². The van der Waals surface area contributed by atoms with Crippen LogP contribution in [-0.4, -0.2) is 31.9 Å². The molecule has 0 saturated carbocycles. The molecule has 0 fully saturated rings. The van der Waals surface area contributed by atoms with Crippen molar-refractivity contribution in [1.82, 2.24) is 25.5 Å². The molecule has 8 heteroatoms. The number of hydrogen-bond donors (Lipinski definition) is 1. The summed E-state index contributed by atoms with van der Waals surface area (Å²) in [4.78, 5) is 12.4. The molecule has 2 aromatic heterocycles. The van der Waals surface area contributed by atoms with Crippen molar-refractivity contribution in [2.75, 3.05) is 5.75 Å². The minimum Gasteiger partial charge on any atom is -0.467 e. The summed E-state index contributed by atoms with van der Waals surface area (Å²) in [7, 11) is 0. The van der Waals surface area contributed by atoms with Gasteiger partial charge in [0.25, 0.3) is 0 Å². The zero-order chi connectivity index (χ0) is 19.3. The molecule has 2 heterocycles. The largest absolute Gasteiger partial charge is 0.467 e. The first kappa shape index (κ1) is 18.7. The number of hydrogen-bond acceptors (Lipinski definition) is 6. The van der Waals surface area contributed by atoms with Crippen molar-refractivity contribution >= 4 is 17.7 Å². The van der Waals surface area contributed by atoms with Gasteiger partial charge >= 0.3 is 0 Å². The SMILES string of the molecule is CC(NC(=O)CSc1nnnn1Cc1ccco1)c1ccc2c(c1)CCCC2. The summed E-state index contributed by atoms with van der Waals surface area (Å²) in [5.41, 5.74) is 4.03. The number of tetrazole rings is 1. The Balaban J connectivity index is 1.32. The van der Waals surface area contributed by atoms with Crippen molar-refractivity contribution in [3.63, 3.8) is 0 Å². The number of furan rings is 1. The first-order valence-corrected chi connectivity index (χ1v) is 10.5. The average Bonchev–Trinajstić information content (AvgIpc) is 3.38. The van der Waals surface area contributed by atoms with E-state index in [-0.39, 0.29) is 17.7 Å². The lowest BCUT2D eigenvalue weighted by Crippen LogP contribution is -2.28. The number of aromatic nitrogens is 4. The molecule has 146 valence electrons. The minimum atomic E-state index is -0.0391. The van der Waals surface area contributed by atoms with Crippen LogP contribution in [0.3, 0.4) is 0 Å². The Morgan fingerprint density at radius 1 is 1.29 bits per heavy atom. The van der Waals surface area contributed by atoms with Gasteiger partial charge in [-0.1, -0.05) is 30.0 Å². The number of aryl methyl sites for hydroxylation is 2. The summed E-state index contributed by atoms with van der Waals surface area (Å²) < 4.78 is 6.95. The van der Waals surface area contributed by atoms with Crippen molar-refractivity contribution < 1.29 is 9.21 Å². The zero-order valence-corrected chi connectivity index (χ0v) is 16.6. The van der Waals surface area contributed by atoms with E-state index in [1.807, 2.05) is 19.1 Å². The molecule has 1 aromatic carbocycles. The van der Waals surface area contributed by atoms with Gasteiger partial charge in [0.1, 0.15) is 12.3 Å². The second-order valence-corrected chi connectivity index (χ2v) is 7.95. The molecule has 28 heavy (non-hydrogen) atoms. The van der Waals surface area contributed by atoms with Crippen LogP contribution < -0.4 is 5.32 Å². The van der Waals surface area contributed by atoms with Gasteiger partial charge in [0.05, 0.1) is 18.1 Å². The summed E-state index contributed by atoms with van der Waals surface area (Å²) in [6.45, 7) is 2.46. The Hall–Kier alpha value is -2.61. The number of fused-ring (bicyclic) bond motifs is 1. The molecule has 1 N–H and O–H groups in total. The molecule has 0 saturated heterocycles. The number of carbonyl (C=O) groups is 1. The number of nitrogens with zero attached hydrogens (tertiary/aromatic N) is 4. The molecule has 1 aliphatic rings. The monoisotopic (exact) mass is 397 g/mol. The van der Waals surface area contributed by atoms with Crippen LogP contribution in [0.1, 0.15) is 48.3 Å². The van der Waals surface area contributed by atoms with Gasteiger partial charge in [0.15, 0.2) is 0 Å². The van der Waals surface area contributed by atoms with Gasteiger partial charge < -0.3 is 9.73 Å². The quantitative estimate of drug-likeness (QED) is 0.617. The fourth-order valence-corrected chi connectivity index (χ4v) is 4.16. The van der Waals surface area contributed by atoms with Crippen LogP contribution in [0.5, 0.6) is 0 Å². The topological polar surface area (TPSA) is 85.8 Å². The molecule has 7 nitrogen and oxygen atoms in total. The van der Waals surface area contributed by atoms with Gasteiger partial charge in [-0.2, -0.15) is 0 Å². The number of thioether (sulfide) groups is 1. The third-order valence-electron chi connectivity index (χ3n) is 4.97. The number of amides is 1. The summed E-state index contributed by atoms with van der Waals surface area (Å²) in [6, 6.07) is 10.2. The van der Waals surface area contributed by atoms with Crippen LogP contribution >= 0.6 is 11.8 Å². The number of rotatable bonds is 7. The lowest BCUT2D eigenvalue weighted by Gasteiger charge is -2.20. The van der Waals surface area contributed by atoms with Crippen LogP contribution in [0, 0.1) is 0 Å². The highest BCUT2D eigenvalue weighted by molar-refractivity contribution is 7.99. The second kappa shape index (κ2) is 8.60. The van der Waals surface area contributed by atoms with E-state index >= 15 is 0 Å². The molecule has 1 atom stereocenters. The second-order valence-electron chi connectivity index (χ2n) is 7.01. The lowest BCUT2D eigenvalue weighted by molar-refractivity contribution is -0.119. The Bertz CT molecular complexity index is 938. The van der Waals surface area contributed by atoms with Gasteiger partial charge in [-0.15, -0.1) is 5.10 Å². The molecule has 1 aliphatic carbocycles. The van der Waals surface area contributed by atoms with E-state index in [0.717, 1.165) is 17.7 Å². The average molecular weight is 398 g/mol. The third kappa shape index (κ3) is 4.44. The van der Waals surface area contributed by atoms with Gasteiger partial charge in [-0.05, 0) is 71.9 Å². The summed E-state index contributed by atoms with van der Waals surface area (Å²) in [5, 5.41) is 15.3. The van der Waals surface area contributed by atoms with E-state index in [9.17, 15) is 4.79 Å². The molecule has 1 amide bonds. The van der Waals surface area contributed by atoms with Crippen molar-refractivity contribution in [3.8, 4) is 0 Å². The summed E-state index contributed by atoms with van der Waals surface area (Å²) in [6.07, 6.45) is 6.44. The molecule has 1 unspecified atom stereocenters. The maximum Gasteiger partial charge on any atom is 0.230 e. The molecular weight excluding hydrogens is 374 g/mol. The smallest absolute Gasteiger partial charge is 0.230 e. The Labute approximate surface area is 167 Å². The molecule has 0 aliphatic heterocycles. The zero-order valence-electron chi connectivity index (χ0n) is 15.8. The number of carbonyl (C=O) groups excluding carboxylic acids is 1. The van der Waals surface area contributed by atoms with E-state index in [2.05, 4.69) is 39.0 Å². The number of benzene rings is 1. The van der Waals surface area contributed by atoms with E-state index in [1.165, 1.54) is 42.2 Å². The molecular formula is C20H23N5O2S. The van der Waals surface area contributed by atoms with E-state index in [1.54, 1.807) is 10.9 Å². The van der Waals surface area contributed by atoms with Crippen LogP contribution in [0.25, 0.3) is 0 Å². The maximum absolute atomic E-state index is 12.4. The van der Waals surface area contributed by atoms with Gasteiger partial charge in [0, 0.05) is 0 Å². The highest BCUT2D eigenvalue weighted by Gasteiger charge is 2.16. The highest BCUT2D eigenvalue weighted by atomic mass is 32.2. The third-order valence-corrected chi connectivity index (χ3v) is 5.92. The highest BCUT2D eigenvalue weighted by Crippen LogP contribution is 2.25. The van der Waals surface area contributed by atoms with Crippen LogP contribution in [0.2, 0.25) is 0 Å². The van der Waals surface area contributed by atoms with Crippen LogP contribution in [-0.2, 0) is 24.2 Å². The van der Waals surface area contributed by atoms with Crippen molar-refractivity contribution in [1.29, 1.82) is 0 Å². The fraction of sp³-hybridized carbons (Fsp3) is 0.400. The van der Waals surface area contributed by atoms with Crippen molar-refractivity contribution in [3.05, 3.63) is 59.0 Å².